The van der Waals surface area contributed by atoms with Gasteiger partial charge in [-0.3, -0.25) is 0 Å². The molecule has 1 unspecified atom stereocenters. The lowest BCUT2D eigenvalue weighted by Gasteiger charge is -2.30. The van der Waals surface area contributed by atoms with E-state index in [0.717, 1.165) is 5.56 Å². The Kier molecular flexibility index (Phi) is 3.45. The smallest absolute Gasteiger partial charge is 0.0652 e. The van der Waals surface area contributed by atoms with Crippen molar-refractivity contribution in [3.8, 4) is 0 Å². The highest BCUT2D eigenvalue weighted by molar-refractivity contribution is 6.42. The predicted molar refractivity (Wildman–Crippen MR) is 67.1 cm³/mol. The van der Waals surface area contributed by atoms with Crippen molar-refractivity contribution in [2.24, 2.45) is 0 Å². The molecule has 0 heterocycles. The van der Waals surface area contributed by atoms with E-state index in [1.807, 2.05) is 19.1 Å². The third-order valence-corrected chi connectivity index (χ3v) is 3.71. The van der Waals surface area contributed by atoms with Crippen LogP contribution in [-0.4, -0.2) is 17.8 Å². The number of benzene rings is 1. The van der Waals surface area contributed by atoms with Crippen LogP contribution in [0.2, 0.25) is 10.0 Å². The van der Waals surface area contributed by atoms with E-state index in [2.05, 4.69) is 5.32 Å². The zero-order valence-corrected chi connectivity index (χ0v) is 10.6. The molecule has 1 aromatic rings. The maximum Gasteiger partial charge on any atom is 0.0652 e. The van der Waals surface area contributed by atoms with Crippen molar-refractivity contribution in [3.05, 3.63) is 33.8 Å². The summed E-state index contributed by atoms with van der Waals surface area (Å²) < 4.78 is 0. The van der Waals surface area contributed by atoms with Crippen LogP contribution in [0, 0.1) is 0 Å². The van der Waals surface area contributed by atoms with Gasteiger partial charge in [0.25, 0.3) is 0 Å². The van der Waals surface area contributed by atoms with Crippen molar-refractivity contribution in [3.63, 3.8) is 0 Å². The van der Waals surface area contributed by atoms with Crippen molar-refractivity contribution < 1.29 is 5.11 Å². The molecule has 1 aliphatic rings. The van der Waals surface area contributed by atoms with Gasteiger partial charge in [-0.05, 0) is 37.5 Å². The number of hydrogen-bond donors (Lipinski definition) is 2. The monoisotopic (exact) mass is 259 g/mol. The summed E-state index contributed by atoms with van der Waals surface area (Å²) in [6, 6.07) is 6.00. The Hall–Kier alpha value is -0.280. The van der Waals surface area contributed by atoms with Gasteiger partial charge in [0.1, 0.15) is 0 Å². The minimum atomic E-state index is -0.435. The van der Waals surface area contributed by atoms with E-state index in [1.54, 1.807) is 6.07 Å². The molecule has 1 atom stereocenters. The van der Waals surface area contributed by atoms with E-state index in [-0.39, 0.29) is 6.61 Å². The molecule has 0 aromatic heterocycles. The molecule has 0 spiro atoms. The molecule has 2 rings (SSSR count). The minimum absolute atomic E-state index is 0.0431. The highest BCUT2D eigenvalue weighted by atomic mass is 35.5. The van der Waals surface area contributed by atoms with E-state index in [9.17, 15) is 5.11 Å². The van der Waals surface area contributed by atoms with Crippen LogP contribution in [-0.2, 0) is 5.54 Å². The van der Waals surface area contributed by atoms with Crippen molar-refractivity contribution in [2.75, 3.05) is 6.61 Å². The minimum Gasteiger partial charge on any atom is -0.394 e. The Balaban J connectivity index is 2.27. The maximum atomic E-state index is 9.54. The first-order valence-electron chi connectivity index (χ1n) is 5.39. The van der Waals surface area contributed by atoms with Gasteiger partial charge in [-0.25, -0.2) is 0 Å². The number of aliphatic hydroxyl groups is 1. The SMILES string of the molecule is CC(CO)(NC1CC1)c1ccc(Cl)c(Cl)c1. The fraction of sp³-hybridized carbons (Fsp3) is 0.500. The summed E-state index contributed by atoms with van der Waals surface area (Å²) in [4.78, 5) is 0. The quantitative estimate of drug-likeness (QED) is 0.872. The van der Waals surface area contributed by atoms with Crippen LogP contribution in [0.1, 0.15) is 25.3 Å². The zero-order valence-electron chi connectivity index (χ0n) is 9.13. The Morgan fingerprint density at radius 2 is 2.06 bits per heavy atom. The van der Waals surface area contributed by atoms with Crippen molar-refractivity contribution >= 4 is 23.2 Å². The lowest BCUT2D eigenvalue weighted by molar-refractivity contribution is 0.173. The lowest BCUT2D eigenvalue weighted by atomic mass is 9.93. The molecule has 0 aliphatic heterocycles. The molecule has 4 heteroatoms. The zero-order chi connectivity index (χ0) is 11.8. The van der Waals surface area contributed by atoms with E-state index in [4.69, 9.17) is 23.2 Å². The molecule has 88 valence electrons. The van der Waals surface area contributed by atoms with E-state index in [0.29, 0.717) is 16.1 Å². The molecule has 2 N–H and O–H groups in total. The second-order valence-electron chi connectivity index (χ2n) is 4.54. The first-order valence-corrected chi connectivity index (χ1v) is 6.15. The van der Waals surface area contributed by atoms with Crippen LogP contribution < -0.4 is 5.32 Å². The van der Waals surface area contributed by atoms with Crippen molar-refractivity contribution in [1.29, 1.82) is 0 Å². The number of aliphatic hydroxyl groups excluding tert-OH is 1. The molecule has 1 aromatic carbocycles. The van der Waals surface area contributed by atoms with Crippen LogP contribution in [0.25, 0.3) is 0 Å². The van der Waals surface area contributed by atoms with Gasteiger partial charge in [0.05, 0.1) is 22.2 Å². The lowest BCUT2D eigenvalue weighted by Crippen LogP contribution is -2.44. The first-order chi connectivity index (χ1) is 7.55. The van der Waals surface area contributed by atoms with Gasteiger partial charge in [0, 0.05) is 6.04 Å². The van der Waals surface area contributed by atoms with Gasteiger partial charge >= 0.3 is 0 Å². The van der Waals surface area contributed by atoms with Gasteiger partial charge < -0.3 is 10.4 Å². The topological polar surface area (TPSA) is 32.3 Å². The summed E-state index contributed by atoms with van der Waals surface area (Å²) >= 11 is 11.9. The number of nitrogens with one attached hydrogen (secondary N) is 1. The summed E-state index contributed by atoms with van der Waals surface area (Å²) in [5.41, 5.74) is 0.534. The molecular formula is C12H15Cl2NO. The van der Waals surface area contributed by atoms with Gasteiger partial charge in [-0.15, -0.1) is 0 Å². The number of hydrogen-bond acceptors (Lipinski definition) is 2. The van der Waals surface area contributed by atoms with Gasteiger partial charge in [0.15, 0.2) is 0 Å². The predicted octanol–water partition coefficient (Wildman–Crippen LogP) is 2.95. The fourth-order valence-corrected chi connectivity index (χ4v) is 2.04. The van der Waals surface area contributed by atoms with Crippen LogP contribution in [0.5, 0.6) is 0 Å². The maximum absolute atomic E-state index is 9.54. The third kappa shape index (κ3) is 2.51. The second kappa shape index (κ2) is 4.53. The van der Waals surface area contributed by atoms with Crippen molar-refractivity contribution in [1.82, 2.24) is 5.32 Å². The van der Waals surface area contributed by atoms with Crippen LogP contribution >= 0.6 is 23.2 Å². The summed E-state index contributed by atoms with van der Waals surface area (Å²) in [5.74, 6) is 0. The average molecular weight is 260 g/mol. The molecule has 0 radical (unpaired) electrons. The Morgan fingerprint density at radius 3 is 2.56 bits per heavy atom. The summed E-state index contributed by atoms with van der Waals surface area (Å²) in [6.07, 6.45) is 2.35. The van der Waals surface area contributed by atoms with Crippen LogP contribution in [0.3, 0.4) is 0 Å². The molecule has 0 amide bonds. The summed E-state index contributed by atoms with van der Waals surface area (Å²) in [6.45, 7) is 2.02. The van der Waals surface area contributed by atoms with E-state index >= 15 is 0 Å². The molecule has 1 fully saturated rings. The van der Waals surface area contributed by atoms with Crippen molar-refractivity contribution in [2.45, 2.75) is 31.3 Å². The van der Waals surface area contributed by atoms with E-state index in [1.165, 1.54) is 12.8 Å². The molecule has 1 aliphatic carbocycles. The highest BCUT2D eigenvalue weighted by Crippen LogP contribution is 2.31. The molecule has 0 saturated heterocycles. The normalized spacial score (nSPS) is 19.5. The highest BCUT2D eigenvalue weighted by Gasteiger charge is 2.33. The fourth-order valence-electron chi connectivity index (χ4n) is 1.74. The largest absolute Gasteiger partial charge is 0.394 e. The Morgan fingerprint density at radius 1 is 1.38 bits per heavy atom. The number of halogens is 2. The standard InChI is InChI=1S/C12H15Cl2NO/c1-12(7-16,15-9-3-4-9)8-2-5-10(13)11(14)6-8/h2,5-6,9,15-16H,3-4,7H2,1H3. The second-order valence-corrected chi connectivity index (χ2v) is 5.35. The summed E-state index contributed by atoms with van der Waals surface area (Å²) in [5, 5.41) is 14.0. The Labute approximate surface area is 106 Å². The molecule has 2 nitrogen and oxygen atoms in total. The van der Waals surface area contributed by atoms with Crippen LogP contribution in [0.15, 0.2) is 18.2 Å². The van der Waals surface area contributed by atoms with Crippen LogP contribution in [0.4, 0.5) is 0 Å². The average Bonchev–Trinajstić information content (AvgIpc) is 3.05. The van der Waals surface area contributed by atoms with Gasteiger partial charge in [0.2, 0.25) is 0 Å². The Bertz CT molecular complexity index is 393. The molecule has 16 heavy (non-hydrogen) atoms. The van der Waals surface area contributed by atoms with Gasteiger partial charge in [-0.2, -0.15) is 0 Å². The summed E-state index contributed by atoms with van der Waals surface area (Å²) in [7, 11) is 0. The molecule has 0 bridgehead atoms. The third-order valence-electron chi connectivity index (χ3n) is 2.97. The number of rotatable bonds is 4. The van der Waals surface area contributed by atoms with E-state index < -0.39 is 5.54 Å². The molecule has 1 saturated carbocycles. The first kappa shape index (κ1) is 12.2. The van der Waals surface area contributed by atoms with Gasteiger partial charge in [-0.1, -0.05) is 29.3 Å². The molecular weight excluding hydrogens is 245 g/mol.